The summed E-state index contributed by atoms with van der Waals surface area (Å²) in [7, 11) is 0. The van der Waals surface area contributed by atoms with Gasteiger partial charge < -0.3 is 19.7 Å². The average molecular weight is 425 g/mol. The van der Waals surface area contributed by atoms with E-state index in [4.69, 9.17) is 9.47 Å². The van der Waals surface area contributed by atoms with Gasteiger partial charge in [-0.3, -0.25) is 9.59 Å². The van der Waals surface area contributed by atoms with E-state index >= 15 is 0 Å². The van der Waals surface area contributed by atoms with E-state index in [2.05, 4.69) is 5.32 Å². The molecule has 1 heterocycles. The molecule has 2 amide bonds. The van der Waals surface area contributed by atoms with Crippen LogP contribution in [-0.4, -0.2) is 47.6 Å². The van der Waals surface area contributed by atoms with Crippen LogP contribution in [0.3, 0.4) is 0 Å². The first-order chi connectivity index (χ1) is 14.8. The third-order valence-corrected chi connectivity index (χ3v) is 5.22. The topological polar surface area (TPSA) is 67.9 Å². The van der Waals surface area contributed by atoms with Crippen molar-refractivity contribution in [2.75, 3.05) is 13.2 Å². The van der Waals surface area contributed by atoms with Crippen molar-refractivity contribution in [2.45, 2.75) is 58.0 Å². The van der Waals surface area contributed by atoms with Crippen LogP contribution >= 0.6 is 0 Å². The van der Waals surface area contributed by atoms with Gasteiger partial charge in [0.1, 0.15) is 6.04 Å². The van der Waals surface area contributed by atoms with Crippen LogP contribution in [0.1, 0.15) is 44.9 Å². The van der Waals surface area contributed by atoms with E-state index in [1.807, 2.05) is 81.4 Å². The highest BCUT2D eigenvalue weighted by atomic mass is 16.5. The lowest BCUT2D eigenvalue weighted by Crippen LogP contribution is -2.73. The van der Waals surface area contributed by atoms with Crippen molar-refractivity contribution in [1.29, 1.82) is 0 Å². The van der Waals surface area contributed by atoms with Crippen molar-refractivity contribution in [3.05, 3.63) is 71.8 Å². The average Bonchev–Trinajstić information content (AvgIpc) is 2.74. The highest BCUT2D eigenvalue weighted by Crippen LogP contribution is 2.33. The van der Waals surface area contributed by atoms with Gasteiger partial charge in [-0.25, -0.2) is 0 Å². The molecule has 3 atom stereocenters. The van der Waals surface area contributed by atoms with Crippen LogP contribution < -0.4 is 5.32 Å². The van der Waals surface area contributed by atoms with Crippen molar-refractivity contribution in [1.82, 2.24) is 10.2 Å². The van der Waals surface area contributed by atoms with Crippen molar-refractivity contribution < 1.29 is 19.1 Å². The molecule has 1 aliphatic heterocycles. The van der Waals surface area contributed by atoms with Crippen molar-refractivity contribution >= 4 is 11.8 Å². The van der Waals surface area contributed by atoms with Gasteiger partial charge in [-0.1, -0.05) is 60.7 Å². The second-order valence-electron chi connectivity index (χ2n) is 8.84. The number of ether oxygens (including phenoxy) is 2. The standard InChI is InChI=1S/C25H32N2O4/c1-18(28)26-23-22(17-31-25(2,3)4)27(24(23)29)21(20-13-9-6-10-14-20)16-30-15-19-11-7-5-8-12-19/h5-14,21-23H,15-17H2,1-4H3,(H,26,28)/t21-,22-,23?/m1/s1. The maximum atomic E-state index is 13.1. The fourth-order valence-corrected chi connectivity index (χ4v) is 3.72. The molecule has 166 valence electrons. The van der Waals surface area contributed by atoms with Crippen LogP contribution in [0.5, 0.6) is 0 Å². The monoisotopic (exact) mass is 424 g/mol. The molecule has 1 fully saturated rings. The van der Waals surface area contributed by atoms with E-state index in [9.17, 15) is 9.59 Å². The first kappa shape index (κ1) is 23.0. The molecule has 6 nitrogen and oxygen atoms in total. The number of benzene rings is 2. The molecule has 0 spiro atoms. The van der Waals surface area contributed by atoms with Gasteiger partial charge in [0.15, 0.2) is 0 Å². The molecule has 2 aromatic rings. The van der Waals surface area contributed by atoms with Crippen LogP contribution in [0.2, 0.25) is 0 Å². The fourth-order valence-electron chi connectivity index (χ4n) is 3.72. The summed E-state index contributed by atoms with van der Waals surface area (Å²) in [4.78, 5) is 26.5. The van der Waals surface area contributed by atoms with Crippen LogP contribution in [0, 0.1) is 0 Å². The van der Waals surface area contributed by atoms with Gasteiger partial charge >= 0.3 is 0 Å². The molecule has 31 heavy (non-hydrogen) atoms. The third kappa shape index (κ3) is 6.15. The molecule has 0 aliphatic carbocycles. The summed E-state index contributed by atoms with van der Waals surface area (Å²) in [6.45, 7) is 8.50. The Balaban J connectivity index is 1.79. The van der Waals surface area contributed by atoms with Gasteiger partial charge in [0.25, 0.3) is 0 Å². The molecular formula is C25H32N2O4. The first-order valence-corrected chi connectivity index (χ1v) is 10.7. The predicted molar refractivity (Wildman–Crippen MR) is 119 cm³/mol. The molecule has 0 bridgehead atoms. The van der Waals surface area contributed by atoms with Gasteiger partial charge in [-0.05, 0) is 31.9 Å². The summed E-state index contributed by atoms with van der Waals surface area (Å²) in [5.41, 5.74) is 1.72. The van der Waals surface area contributed by atoms with Crippen LogP contribution in [0.4, 0.5) is 0 Å². The van der Waals surface area contributed by atoms with Crippen molar-refractivity contribution in [3.8, 4) is 0 Å². The van der Waals surface area contributed by atoms with Gasteiger partial charge in [-0.15, -0.1) is 0 Å². The highest BCUT2D eigenvalue weighted by Gasteiger charge is 2.51. The Kier molecular flexibility index (Phi) is 7.46. The number of likely N-dealkylation sites (tertiary alicyclic amines) is 1. The summed E-state index contributed by atoms with van der Waals surface area (Å²) in [6.07, 6.45) is 0. The van der Waals surface area contributed by atoms with Crippen molar-refractivity contribution in [3.63, 3.8) is 0 Å². The number of carbonyl (C=O) groups is 2. The van der Waals surface area contributed by atoms with E-state index in [1.165, 1.54) is 6.92 Å². The zero-order valence-corrected chi connectivity index (χ0v) is 18.7. The van der Waals surface area contributed by atoms with Crippen LogP contribution in [-0.2, 0) is 25.7 Å². The summed E-state index contributed by atoms with van der Waals surface area (Å²) in [5, 5.41) is 2.78. The molecule has 1 saturated heterocycles. The van der Waals surface area contributed by atoms with Crippen LogP contribution in [0.25, 0.3) is 0 Å². The van der Waals surface area contributed by atoms with E-state index in [-0.39, 0.29) is 29.5 Å². The van der Waals surface area contributed by atoms with Crippen LogP contribution in [0.15, 0.2) is 60.7 Å². The molecule has 1 aliphatic rings. The lowest BCUT2D eigenvalue weighted by Gasteiger charge is -2.51. The first-order valence-electron chi connectivity index (χ1n) is 10.7. The normalized spacial score (nSPS) is 19.6. The number of nitrogens with one attached hydrogen (secondary N) is 1. The maximum Gasteiger partial charge on any atom is 0.248 e. The molecule has 6 heteroatoms. The zero-order chi connectivity index (χ0) is 22.4. The van der Waals surface area contributed by atoms with E-state index in [1.54, 1.807) is 4.90 Å². The zero-order valence-electron chi connectivity index (χ0n) is 18.7. The molecule has 0 radical (unpaired) electrons. The number of nitrogens with zero attached hydrogens (tertiary/aromatic N) is 1. The molecule has 1 N–H and O–H groups in total. The molecular weight excluding hydrogens is 392 g/mol. The smallest absolute Gasteiger partial charge is 0.248 e. The minimum atomic E-state index is -0.583. The number of hydrogen-bond donors (Lipinski definition) is 1. The van der Waals surface area contributed by atoms with Gasteiger partial charge in [0.2, 0.25) is 11.8 Å². The maximum absolute atomic E-state index is 13.1. The second-order valence-corrected chi connectivity index (χ2v) is 8.84. The lowest BCUT2D eigenvalue weighted by atomic mass is 9.90. The number of amides is 2. The predicted octanol–water partition coefficient (Wildman–Crippen LogP) is 3.48. The largest absolute Gasteiger partial charge is 0.374 e. The Labute approximate surface area is 184 Å². The Morgan fingerprint density at radius 2 is 1.68 bits per heavy atom. The van der Waals surface area contributed by atoms with E-state index < -0.39 is 6.04 Å². The highest BCUT2D eigenvalue weighted by molar-refractivity contribution is 5.93. The van der Waals surface area contributed by atoms with E-state index in [0.717, 1.165) is 11.1 Å². The Bertz CT molecular complexity index is 864. The summed E-state index contributed by atoms with van der Waals surface area (Å²) >= 11 is 0. The summed E-state index contributed by atoms with van der Waals surface area (Å²) in [5.74, 6) is -0.342. The third-order valence-electron chi connectivity index (χ3n) is 5.22. The molecule has 1 unspecified atom stereocenters. The van der Waals surface area contributed by atoms with Gasteiger partial charge in [0, 0.05) is 6.92 Å². The summed E-state index contributed by atoms with van der Waals surface area (Å²) in [6, 6.07) is 18.7. The molecule has 3 rings (SSSR count). The molecule has 0 saturated carbocycles. The Hall–Kier alpha value is -2.70. The fraction of sp³-hybridized carbons (Fsp3) is 0.440. The quantitative estimate of drug-likeness (QED) is 0.626. The molecule has 0 aromatic heterocycles. The number of hydrogen-bond acceptors (Lipinski definition) is 4. The number of carbonyl (C=O) groups excluding carboxylic acids is 2. The van der Waals surface area contributed by atoms with Gasteiger partial charge in [0.05, 0.1) is 37.5 Å². The minimum absolute atomic E-state index is 0.116. The van der Waals surface area contributed by atoms with Crippen molar-refractivity contribution in [2.24, 2.45) is 0 Å². The van der Waals surface area contributed by atoms with Gasteiger partial charge in [-0.2, -0.15) is 0 Å². The molecule has 2 aromatic carbocycles. The number of β-lactam (4-membered cyclic amide) rings is 1. The Morgan fingerprint density at radius 1 is 1.06 bits per heavy atom. The minimum Gasteiger partial charge on any atom is -0.374 e. The number of rotatable bonds is 9. The summed E-state index contributed by atoms with van der Waals surface area (Å²) < 4.78 is 12.0. The van der Waals surface area contributed by atoms with E-state index in [0.29, 0.717) is 19.8 Å². The lowest BCUT2D eigenvalue weighted by molar-refractivity contribution is -0.168. The second kappa shape index (κ2) is 10.1. The SMILES string of the molecule is CC(=O)NC1C(=O)N([C@H](COCc2ccccc2)c2ccccc2)[C@@H]1COC(C)(C)C. The Morgan fingerprint density at radius 3 is 2.26 bits per heavy atom.